The molecule has 3 amide bonds. The van der Waals surface area contributed by atoms with E-state index < -0.39 is 17.5 Å². The average molecular weight is 451 g/mol. The molecule has 170 valence electrons. The summed E-state index contributed by atoms with van der Waals surface area (Å²) in [7, 11) is 0. The highest BCUT2D eigenvalue weighted by atomic mass is 19.1. The number of hydrogen-bond acceptors (Lipinski definition) is 3. The number of rotatable bonds is 8. The maximum absolute atomic E-state index is 13.6. The van der Waals surface area contributed by atoms with Gasteiger partial charge in [0.25, 0.3) is 11.8 Å². The van der Waals surface area contributed by atoms with Crippen molar-refractivity contribution >= 4 is 29.1 Å². The molecule has 0 saturated carbocycles. The van der Waals surface area contributed by atoms with Gasteiger partial charge in [-0.05, 0) is 55.3 Å². The molecule has 0 bridgehead atoms. The highest BCUT2D eigenvalue weighted by Gasteiger charge is 2.14. The smallest absolute Gasteiger partial charge is 0.256 e. The van der Waals surface area contributed by atoms with Crippen LogP contribution in [0, 0.1) is 18.6 Å². The summed E-state index contributed by atoms with van der Waals surface area (Å²) in [6.45, 7) is 1.88. The van der Waals surface area contributed by atoms with E-state index in [-0.39, 0.29) is 30.3 Å². The highest BCUT2D eigenvalue weighted by molar-refractivity contribution is 6.06. The maximum Gasteiger partial charge on any atom is 0.256 e. The van der Waals surface area contributed by atoms with Crippen LogP contribution in [-0.4, -0.2) is 24.3 Å². The number of anilines is 2. The van der Waals surface area contributed by atoms with Crippen molar-refractivity contribution in [2.75, 3.05) is 17.2 Å². The number of para-hydroxylation sites is 1. The molecule has 0 aliphatic carbocycles. The summed E-state index contributed by atoms with van der Waals surface area (Å²) < 4.78 is 26.6. The van der Waals surface area contributed by atoms with E-state index >= 15 is 0 Å². The highest BCUT2D eigenvalue weighted by Crippen LogP contribution is 2.21. The van der Waals surface area contributed by atoms with E-state index in [1.165, 1.54) is 0 Å². The number of benzene rings is 3. The van der Waals surface area contributed by atoms with Gasteiger partial charge in [0.05, 0.1) is 5.56 Å². The minimum absolute atomic E-state index is 0.103. The summed E-state index contributed by atoms with van der Waals surface area (Å²) >= 11 is 0. The van der Waals surface area contributed by atoms with E-state index in [2.05, 4.69) is 16.0 Å². The Kier molecular flexibility index (Phi) is 7.86. The van der Waals surface area contributed by atoms with Gasteiger partial charge < -0.3 is 16.0 Å². The number of carbonyl (C=O) groups excluding carboxylic acids is 3. The normalized spacial score (nSPS) is 10.4. The second kappa shape index (κ2) is 11.0. The average Bonchev–Trinajstić information content (AvgIpc) is 2.78. The van der Waals surface area contributed by atoms with Crippen LogP contribution in [0.15, 0.2) is 66.7 Å². The Morgan fingerprint density at radius 1 is 0.818 bits per heavy atom. The van der Waals surface area contributed by atoms with Crippen LogP contribution in [0.25, 0.3) is 0 Å². The number of carbonyl (C=O) groups is 3. The van der Waals surface area contributed by atoms with Crippen molar-refractivity contribution in [1.29, 1.82) is 0 Å². The summed E-state index contributed by atoms with van der Waals surface area (Å²) in [5, 5.41) is 8.09. The van der Waals surface area contributed by atoms with Crippen LogP contribution in [0.3, 0.4) is 0 Å². The minimum Gasteiger partial charge on any atom is -0.352 e. The third-order valence-electron chi connectivity index (χ3n) is 4.93. The van der Waals surface area contributed by atoms with Crippen molar-refractivity contribution in [1.82, 2.24) is 5.32 Å². The van der Waals surface area contributed by atoms with Gasteiger partial charge in [-0.15, -0.1) is 0 Å². The first-order valence-corrected chi connectivity index (χ1v) is 10.3. The molecule has 0 unspecified atom stereocenters. The van der Waals surface area contributed by atoms with Crippen LogP contribution in [0.5, 0.6) is 0 Å². The zero-order chi connectivity index (χ0) is 23.8. The molecule has 3 rings (SSSR count). The summed E-state index contributed by atoms with van der Waals surface area (Å²) in [5.74, 6) is -2.97. The Morgan fingerprint density at radius 3 is 2.30 bits per heavy atom. The van der Waals surface area contributed by atoms with Crippen LogP contribution in [0.4, 0.5) is 20.2 Å². The topological polar surface area (TPSA) is 87.3 Å². The Hall–Kier alpha value is -4.07. The fourth-order valence-electron chi connectivity index (χ4n) is 3.17. The first-order chi connectivity index (χ1) is 15.8. The number of halogens is 2. The molecule has 0 aromatic heterocycles. The third-order valence-corrected chi connectivity index (χ3v) is 4.93. The van der Waals surface area contributed by atoms with Crippen molar-refractivity contribution in [2.45, 2.75) is 19.8 Å². The molecule has 3 aromatic rings. The molecule has 0 aliphatic rings. The van der Waals surface area contributed by atoms with E-state index in [1.807, 2.05) is 18.2 Å². The van der Waals surface area contributed by atoms with Crippen molar-refractivity contribution in [3.05, 3.63) is 95.1 Å². The van der Waals surface area contributed by atoms with E-state index in [0.29, 0.717) is 35.0 Å². The summed E-state index contributed by atoms with van der Waals surface area (Å²) in [6, 6.07) is 16.8. The molecule has 0 aliphatic heterocycles. The molecule has 0 fully saturated rings. The quantitative estimate of drug-likeness (QED) is 0.435. The number of hydrogen-bond donors (Lipinski definition) is 3. The zero-order valence-corrected chi connectivity index (χ0v) is 18.0. The van der Waals surface area contributed by atoms with Crippen LogP contribution >= 0.6 is 0 Å². The maximum atomic E-state index is 13.6. The predicted molar refractivity (Wildman–Crippen MR) is 122 cm³/mol. The van der Waals surface area contributed by atoms with Gasteiger partial charge in [0, 0.05) is 36.0 Å². The lowest BCUT2D eigenvalue weighted by atomic mass is 10.1. The number of nitrogens with one attached hydrogen (secondary N) is 3. The Bertz CT molecular complexity index is 1170. The molecule has 33 heavy (non-hydrogen) atoms. The number of amides is 3. The van der Waals surface area contributed by atoms with E-state index in [0.717, 1.165) is 12.1 Å². The van der Waals surface area contributed by atoms with Gasteiger partial charge in [0.15, 0.2) is 0 Å². The predicted octanol–water partition coefficient (Wildman–Crippen LogP) is 4.67. The van der Waals surface area contributed by atoms with Gasteiger partial charge in [-0.2, -0.15) is 0 Å². The second-order valence-electron chi connectivity index (χ2n) is 7.33. The monoisotopic (exact) mass is 451 g/mol. The Labute approximate surface area is 190 Å². The molecule has 3 N–H and O–H groups in total. The van der Waals surface area contributed by atoms with Gasteiger partial charge in [0.2, 0.25) is 5.91 Å². The largest absolute Gasteiger partial charge is 0.352 e. The molecular formula is C25H23F2N3O3. The van der Waals surface area contributed by atoms with E-state index in [1.54, 1.807) is 37.3 Å². The van der Waals surface area contributed by atoms with Crippen LogP contribution in [-0.2, 0) is 4.79 Å². The Balaban J connectivity index is 1.50. The van der Waals surface area contributed by atoms with Gasteiger partial charge in [-0.1, -0.05) is 24.3 Å². The fraction of sp³-hybridized carbons (Fsp3) is 0.160. The van der Waals surface area contributed by atoms with Gasteiger partial charge >= 0.3 is 0 Å². The Morgan fingerprint density at radius 2 is 1.58 bits per heavy atom. The molecule has 0 atom stereocenters. The molecule has 3 aromatic carbocycles. The van der Waals surface area contributed by atoms with Crippen molar-refractivity contribution < 1.29 is 23.2 Å². The van der Waals surface area contributed by atoms with Crippen molar-refractivity contribution in [3.63, 3.8) is 0 Å². The summed E-state index contributed by atoms with van der Waals surface area (Å²) in [4.78, 5) is 36.9. The van der Waals surface area contributed by atoms with Gasteiger partial charge in [-0.25, -0.2) is 8.78 Å². The first-order valence-electron chi connectivity index (χ1n) is 10.3. The van der Waals surface area contributed by atoms with E-state index in [9.17, 15) is 23.2 Å². The second-order valence-corrected chi connectivity index (χ2v) is 7.33. The molecule has 0 saturated heterocycles. The molecule has 0 spiro atoms. The molecule has 0 heterocycles. The molecule has 8 heteroatoms. The van der Waals surface area contributed by atoms with Crippen molar-refractivity contribution in [3.8, 4) is 0 Å². The van der Waals surface area contributed by atoms with Crippen LogP contribution in [0.1, 0.15) is 39.1 Å². The van der Waals surface area contributed by atoms with Gasteiger partial charge in [-0.3, -0.25) is 14.4 Å². The fourth-order valence-corrected chi connectivity index (χ4v) is 3.17. The summed E-state index contributed by atoms with van der Waals surface area (Å²) in [6.07, 6.45) is 0.416. The molecule has 0 radical (unpaired) electrons. The van der Waals surface area contributed by atoms with E-state index in [4.69, 9.17) is 0 Å². The zero-order valence-electron chi connectivity index (χ0n) is 18.0. The summed E-state index contributed by atoms with van der Waals surface area (Å²) in [5.41, 5.74) is 1.98. The standard InChI is InChI=1S/C25H23F2N3O3/c1-16-19(25(33)29-18-7-3-2-4-8-18)9-5-10-22(16)30-23(31)11-6-14-28-24(32)20-13-12-17(26)15-21(20)27/h2-5,7-10,12-13,15H,6,11,14H2,1H3,(H,28,32)(H,29,33)(H,30,31). The molecular weight excluding hydrogens is 428 g/mol. The SMILES string of the molecule is Cc1c(NC(=O)CCCNC(=O)c2ccc(F)cc2F)cccc1C(=O)Nc1ccccc1. The lowest BCUT2D eigenvalue weighted by Crippen LogP contribution is -2.26. The van der Waals surface area contributed by atoms with Crippen molar-refractivity contribution in [2.24, 2.45) is 0 Å². The minimum atomic E-state index is -0.947. The lowest BCUT2D eigenvalue weighted by molar-refractivity contribution is -0.116. The molecule has 6 nitrogen and oxygen atoms in total. The first kappa shape index (κ1) is 23.6. The van der Waals surface area contributed by atoms with Crippen LogP contribution in [0.2, 0.25) is 0 Å². The van der Waals surface area contributed by atoms with Gasteiger partial charge in [0.1, 0.15) is 11.6 Å². The van der Waals surface area contributed by atoms with Crippen LogP contribution < -0.4 is 16.0 Å². The third kappa shape index (κ3) is 6.46. The lowest BCUT2D eigenvalue weighted by Gasteiger charge is -2.13.